The van der Waals surface area contributed by atoms with E-state index >= 15 is 0 Å². The summed E-state index contributed by atoms with van der Waals surface area (Å²) in [5, 5.41) is 23.4. The average Bonchev–Trinajstić information content (AvgIpc) is 3.30. The van der Waals surface area contributed by atoms with Gasteiger partial charge in [-0.1, -0.05) is 24.5 Å². The second-order valence-corrected chi connectivity index (χ2v) is 8.92. The van der Waals surface area contributed by atoms with Crippen LogP contribution in [-0.4, -0.2) is 51.0 Å². The third-order valence-electron chi connectivity index (χ3n) is 6.55. The number of nitrogens with one attached hydrogen (secondary N) is 2. The van der Waals surface area contributed by atoms with Crippen molar-refractivity contribution in [2.45, 2.75) is 82.1 Å². The summed E-state index contributed by atoms with van der Waals surface area (Å²) in [6, 6.07) is 1.72. The molecular formula is C23H31F2N5O3. The Bertz CT molecular complexity index is 935. The topological polar surface area (TPSA) is 101 Å². The number of aliphatic hydroxyl groups excluding tert-OH is 1. The van der Waals surface area contributed by atoms with Crippen LogP contribution in [0, 0.1) is 11.6 Å². The molecule has 33 heavy (non-hydrogen) atoms. The Kier molecular flexibility index (Phi) is 7.87. The molecule has 0 bridgehead atoms. The number of aliphatic hydroxyl groups is 1. The van der Waals surface area contributed by atoms with Gasteiger partial charge in [-0.05, 0) is 44.2 Å². The summed E-state index contributed by atoms with van der Waals surface area (Å²) in [5.74, 6) is -0.872. The second-order valence-electron chi connectivity index (χ2n) is 8.92. The van der Waals surface area contributed by atoms with Crippen LogP contribution in [0.5, 0.6) is 0 Å². The number of amides is 2. The molecule has 0 spiro atoms. The maximum Gasteiger partial charge on any atom is 0.319 e. The zero-order valence-electron chi connectivity index (χ0n) is 18.6. The number of benzene rings is 1. The first-order valence-electron chi connectivity index (χ1n) is 11.7. The number of anilines is 1. The van der Waals surface area contributed by atoms with Crippen LogP contribution < -0.4 is 10.6 Å². The molecule has 2 aliphatic rings. The fourth-order valence-electron chi connectivity index (χ4n) is 4.71. The molecule has 0 radical (unpaired) electrons. The summed E-state index contributed by atoms with van der Waals surface area (Å²) in [4.78, 5) is 12.3. The highest BCUT2D eigenvalue weighted by Crippen LogP contribution is 2.31. The number of carbonyl (C=O) groups excluding carboxylic acids is 1. The van der Waals surface area contributed by atoms with Crippen molar-refractivity contribution in [3.63, 3.8) is 0 Å². The number of rotatable bonds is 7. The minimum atomic E-state index is -0.732. The molecule has 3 atom stereocenters. The van der Waals surface area contributed by atoms with Gasteiger partial charge in [0.15, 0.2) is 0 Å². The monoisotopic (exact) mass is 463 g/mol. The van der Waals surface area contributed by atoms with Gasteiger partial charge < -0.3 is 20.5 Å². The number of ether oxygens (including phenoxy) is 1. The molecule has 10 heteroatoms. The lowest BCUT2D eigenvalue weighted by atomic mass is 9.87. The summed E-state index contributed by atoms with van der Waals surface area (Å²) >= 11 is 0. The number of aromatic nitrogens is 3. The average molecular weight is 464 g/mol. The fraction of sp³-hybridized carbons (Fsp3) is 0.609. The van der Waals surface area contributed by atoms with Gasteiger partial charge in [-0.2, -0.15) is 0 Å². The van der Waals surface area contributed by atoms with Crippen molar-refractivity contribution in [1.29, 1.82) is 0 Å². The largest absolute Gasteiger partial charge is 0.394 e. The first-order valence-corrected chi connectivity index (χ1v) is 11.7. The van der Waals surface area contributed by atoms with Crippen molar-refractivity contribution in [3.8, 4) is 0 Å². The van der Waals surface area contributed by atoms with Gasteiger partial charge in [-0.25, -0.2) is 13.6 Å². The summed E-state index contributed by atoms with van der Waals surface area (Å²) in [6.07, 6.45) is 9.54. The lowest BCUT2D eigenvalue weighted by Crippen LogP contribution is -2.52. The third kappa shape index (κ3) is 6.26. The molecule has 1 aromatic heterocycles. The lowest BCUT2D eigenvalue weighted by molar-refractivity contribution is -0.0905. The number of aryl methyl sites for hydroxylation is 1. The molecule has 2 amide bonds. The van der Waals surface area contributed by atoms with Crippen LogP contribution in [0.25, 0.3) is 0 Å². The van der Waals surface area contributed by atoms with Gasteiger partial charge in [0.25, 0.3) is 0 Å². The first-order chi connectivity index (χ1) is 16.0. The Morgan fingerprint density at radius 1 is 1.18 bits per heavy atom. The predicted molar refractivity (Wildman–Crippen MR) is 118 cm³/mol. The van der Waals surface area contributed by atoms with Crippen molar-refractivity contribution in [2.24, 2.45) is 0 Å². The zero-order valence-corrected chi connectivity index (χ0v) is 18.6. The molecule has 2 fully saturated rings. The van der Waals surface area contributed by atoms with E-state index < -0.39 is 29.8 Å². The van der Waals surface area contributed by atoms with Gasteiger partial charge in [-0.15, -0.1) is 5.10 Å². The molecule has 2 heterocycles. The minimum Gasteiger partial charge on any atom is -0.394 e. The molecule has 3 N–H and O–H groups in total. The number of carbonyl (C=O) groups is 1. The zero-order chi connectivity index (χ0) is 23.2. The van der Waals surface area contributed by atoms with E-state index in [1.807, 2.05) is 10.9 Å². The number of hydrogen-bond donors (Lipinski definition) is 3. The van der Waals surface area contributed by atoms with Crippen molar-refractivity contribution < 1.29 is 23.4 Å². The van der Waals surface area contributed by atoms with E-state index in [0.717, 1.165) is 30.3 Å². The van der Waals surface area contributed by atoms with E-state index in [-0.39, 0.29) is 18.4 Å². The van der Waals surface area contributed by atoms with Gasteiger partial charge in [0.2, 0.25) is 0 Å². The molecule has 1 aliphatic heterocycles. The van der Waals surface area contributed by atoms with Crippen LogP contribution in [0.15, 0.2) is 24.4 Å². The first kappa shape index (κ1) is 23.6. The number of urea groups is 1. The molecule has 1 saturated heterocycles. The fourth-order valence-corrected chi connectivity index (χ4v) is 4.71. The Morgan fingerprint density at radius 3 is 2.79 bits per heavy atom. The Morgan fingerprint density at radius 2 is 2.00 bits per heavy atom. The maximum absolute atomic E-state index is 13.7. The molecular weight excluding hydrogens is 432 g/mol. The smallest absolute Gasteiger partial charge is 0.319 e. The second kappa shape index (κ2) is 11.0. The van der Waals surface area contributed by atoms with E-state index in [2.05, 4.69) is 20.9 Å². The lowest BCUT2D eigenvalue weighted by Gasteiger charge is -2.36. The van der Waals surface area contributed by atoms with Crippen LogP contribution in [0.2, 0.25) is 0 Å². The highest BCUT2D eigenvalue weighted by Gasteiger charge is 2.32. The molecule has 2 aromatic rings. The van der Waals surface area contributed by atoms with Crippen molar-refractivity contribution in [2.75, 3.05) is 11.9 Å². The van der Waals surface area contributed by atoms with Gasteiger partial charge in [0.05, 0.1) is 30.1 Å². The normalized spacial score (nSPS) is 23.9. The van der Waals surface area contributed by atoms with Gasteiger partial charge in [-0.3, -0.25) is 4.68 Å². The highest BCUT2D eigenvalue weighted by atomic mass is 19.1. The Labute approximate surface area is 191 Å². The molecule has 180 valence electrons. The standard InChI is InChI=1S/C23H31F2N5O3/c24-16-6-8-18(25)20(12-16)27-23(32)26-19-9-7-17(33-22(19)14-31)10-11-30-13-21(28-29-30)15-4-2-1-3-5-15/h6,8,12-13,15,17,19,22,31H,1-5,7,9-11,14H2,(H2,26,27,32)/t17-,19+,22+/m0/s1. The quantitative estimate of drug-likeness (QED) is 0.581. The van der Waals surface area contributed by atoms with Crippen LogP contribution in [-0.2, 0) is 11.3 Å². The molecule has 4 rings (SSSR count). The molecule has 8 nitrogen and oxygen atoms in total. The van der Waals surface area contributed by atoms with Crippen LogP contribution >= 0.6 is 0 Å². The highest BCUT2D eigenvalue weighted by molar-refractivity contribution is 5.89. The van der Waals surface area contributed by atoms with Crippen molar-refractivity contribution in [3.05, 3.63) is 41.7 Å². The number of hydrogen-bond acceptors (Lipinski definition) is 5. The Balaban J connectivity index is 1.25. The van der Waals surface area contributed by atoms with E-state index in [9.17, 15) is 18.7 Å². The molecule has 1 aromatic carbocycles. The molecule has 0 unspecified atom stereocenters. The van der Waals surface area contributed by atoms with E-state index in [0.29, 0.717) is 25.3 Å². The van der Waals surface area contributed by atoms with Crippen LogP contribution in [0.3, 0.4) is 0 Å². The van der Waals surface area contributed by atoms with Gasteiger partial charge in [0.1, 0.15) is 17.7 Å². The molecule has 1 aliphatic carbocycles. The summed E-state index contributed by atoms with van der Waals surface area (Å²) < 4.78 is 34.9. The van der Waals surface area contributed by atoms with E-state index in [1.165, 1.54) is 32.1 Å². The van der Waals surface area contributed by atoms with Crippen molar-refractivity contribution >= 4 is 11.7 Å². The Hall–Kier alpha value is -2.59. The SMILES string of the molecule is O=C(Nc1cc(F)ccc1F)N[C@@H]1CC[C@@H](CCn2cc(C3CCCCC3)nn2)O[C@@H]1CO. The minimum absolute atomic E-state index is 0.0775. The predicted octanol–water partition coefficient (Wildman–Crippen LogP) is 3.72. The summed E-state index contributed by atoms with van der Waals surface area (Å²) in [7, 11) is 0. The van der Waals surface area contributed by atoms with Crippen LogP contribution in [0.4, 0.5) is 19.3 Å². The van der Waals surface area contributed by atoms with Crippen molar-refractivity contribution in [1.82, 2.24) is 20.3 Å². The van der Waals surface area contributed by atoms with Crippen LogP contribution in [0.1, 0.15) is 63.0 Å². The van der Waals surface area contributed by atoms with Gasteiger partial charge in [0, 0.05) is 24.7 Å². The number of halogens is 2. The van der Waals surface area contributed by atoms with E-state index in [1.54, 1.807) is 0 Å². The summed E-state index contributed by atoms with van der Waals surface area (Å²) in [6.45, 7) is 0.408. The third-order valence-corrected chi connectivity index (χ3v) is 6.55. The molecule has 1 saturated carbocycles. The van der Waals surface area contributed by atoms with Gasteiger partial charge >= 0.3 is 6.03 Å². The maximum atomic E-state index is 13.7. The van der Waals surface area contributed by atoms with E-state index in [4.69, 9.17) is 4.74 Å². The summed E-state index contributed by atoms with van der Waals surface area (Å²) in [5.41, 5.74) is 0.820. The number of nitrogens with zero attached hydrogens (tertiary/aromatic N) is 3.